The smallest absolute Gasteiger partial charge is 0.287 e. The molecule has 0 saturated carbocycles. The first kappa shape index (κ1) is 17.2. The molecular formula is C17H17FN4O2S. The van der Waals surface area contributed by atoms with Crippen LogP contribution in [0.4, 0.5) is 4.39 Å². The van der Waals surface area contributed by atoms with Crippen LogP contribution in [0.5, 0.6) is 0 Å². The maximum atomic E-state index is 13.7. The van der Waals surface area contributed by atoms with E-state index in [0.29, 0.717) is 28.8 Å². The highest BCUT2D eigenvalue weighted by atomic mass is 32.2. The van der Waals surface area contributed by atoms with Crippen molar-refractivity contribution < 1.29 is 13.6 Å². The molecule has 1 aromatic carbocycles. The fourth-order valence-electron chi connectivity index (χ4n) is 2.29. The van der Waals surface area contributed by atoms with Crippen molar-refractivity contribution in [3.05, 3.63) is 65.6 Å². The first-order valence-electron chi connectivity index (χ1n) is 7.79. The second kappa shape index (κ2) is 7.98. The maximum absolute atomic E-state index is 13.7. The molecule has 2 aromatic heterocycles. The second-order valence-electron chi connectivity index (χ2n) is 5.18. The van der Waals surface area contributed by atoms with Crippen LogP contribution in [0.15, 0.2) is 52.2 Å². The van der Waals surface area contributed by atoms with Gasteiger partial charge in [-0.1, -0.05) is 30.0 Å². The molecule has 0 spiro atoms. The van der Waals surface area contributed by atoms with Crippen molar-refractivity contribution in [2.45, 2.75) is 30.9 Å². The summed E-state index contributed by atoms with van der Waals surface area (Å²) in [7, 11) is 0. The predicted molar refractivity (Wildman–Crippen MR) is 91.5 cm³/mol. The number of halogens is 1. The molecule has 3 aromatic rings. The fourth-order valence-corrected chi connectivity index (χ4v) is 3.29. The summed E-state index contributed by atoms with van der Waals surface area (Å²) in [5.41, 5.74) is 0.617. The van der Waals surface area contributed by atoms with Gasteiger partial charge in [-0.25, -0.2) is 4.39 Å². The van der Waals surface area contributed by atoms with Crippen molar-refractivity contribution in [2.75, 3.05) is 0 Å². The Hall–Kier alpha value is -2.61. The summed E-state index contributed by atoms with van der Waals surface area (Å²) < 4.78 is 20.7. The largest absolute Gasteiger partial charge is 0.459 e. The van der Waals surface area contributed by atoms with Crippen LogP contribution in [0.25, 0.3) is 0 Å². The second-order valence-corrected chi connectivity index (χ2v) is 6.13. The molecule has 0 aliphatic rings. The SMILES string of the molecule is CCn1c(CNC(=O)c2ccco2)nnc1SCc1ccccc1F. The van der Waals surface area contributed by atoms with E-state index in [1.54, 1.807) is 30.3 Å². The van der Waals surface area contributed by atoms with Crippen LogP contribution in [0.3, 0.4) is 0 Å². The number of hydrogen-bond acceptors (Lipinski definition) is 5. The van der Waals surface area contributed by atoms with E-state index in [2.05, 4.69) is 15.5 Å². The number of hydrogen-bond donors (Lipinski definition) is 1. The normalized spacial score (nSPS) is 10.8. The van der Waals surface area contributed by atoms with Crippen LogP contribution in [0.1, 0.15) is 28.9 Å². The lowest BCUT2D eigenvalue weighted by molar-refractivity contribution is 0.0921. The molecule has 0 unspecified atom stereocenters. The molecule has 0 atom stereocenters. The molecule has 0 radical (unpaired) electrons. The topological polar surface area (TPSA) is 73.0 Å². The first-order valence-corrected chi connectivity index (χ1v) is 8.77. The van der Waals surface area contributed by atoms with E-state index >= 15 is 0 Å². The van der Waals surface area contributed by atoms with Crippen LogP contribution in [-0.4, -0.2) is 20.7 Å². The van der Waals surface area contributed by atoms with Crippen LogP contribution in [-0.2, 0) is 18.8 Å². The maximum Gasteiger partial charge on any atom is 0.287 e. The standard InChI is InChI=1S/C17H17FN4O2S/c1-2-22-15(10-19-16(23)14-8-5-9-24-14)20-21-17(22)25-11-12-6-3-4-7-13(12)18/h3-9H,2,10-11H2,1H3,(H,19,23). The van der Waals surface area contributed by atoms with Gasteiger partial charge in [-0.2, -0.15) is 0 Å². The minimum absolute atomic E-state index is 0.233. The third kappa shape index (κ3) is 4.08. The molecule has 0 bridgehead atoms. The van der Waals surface area contributed by atoms with Gasteiger partial charge in [0, 0.05) is 12.3 Å². The van der Waals surface area contributed by atoms with Crippen LogP contribution >= 0.6 is 11.8 Å². The van der Waals surface area contributed by atoms with Gasteiger partial charge in [0.05, 0.1) is 12.8 Å². The van der Waals surface area contributed by atoms with Crippen molar-refractivity contribution in [3.8, 4) is 0 Å². The Morgan fingerprint density at radius 3 is 2.84 bits per heavy atom. The predicted octanol–water partition coefficient (Wildman–Crippen LogP) is 3.25. The van der Waals surface area contributed by atoms with Crippen molar-refractivity contribution in [3.63, 3.8) is 0 Å². The number of benzene rings is 1. The number of carbonyl (C=O) groups is 1. The molecular weight excluding hydrogens is 343 g/mol. The summed E-state index contributed by atoms with van der Waals surface area (Å²) in [6, 6.07) is 9.91. The van der Waals surface area contributed by atoms with Gasteiger partial charge in [0.2, 0.25) is 0 Å². The number of nitrogens with zero attached hydrogens (tertiary/aromatic N) is 3. The molecule has 8 heteroatoms. The number of carbonyl (C=O) groups excluding carboxylic acids is 1. The number of rotatable bonds is 7. The van der Waals surface area contributed by atoms with Crippen LogP contribution < -0.4 is 5.32 Å². The van der Waals surface area contributed by atoms with E-state index in [9.17, 15) is 9.18 Å². The number of thioether (sulfide) groups is 1. The van der Waals surface area contributed by atoms with Gasteiger partial charge in [-0.15, -0.1) is 10.2 Å². The van der Waals surface area contributed by atoms with E-state index < -0.39 is 0 Å². The monoisotopic (exact) mass is 360 g/mol. The molecule has 0 fully saturated rings. The Kier molecular flexibility index (Phi) is 5.49. The fraction of sp³-hybridized carbons (Fsp3) is 0.235. The molecule has 6 nitrogen and oxygen atoms in total. The Bertz CT molecular complexity index is 848. The van der Waals surface area contributed by atoms with Crippen molar-refractivity contribution >= 4 is 17.7 Å². The number of aromatic nitrogens is 3. The molecule has 130 valence electrons. The van der Waals surface area contributed by atoms with Gasteiger partial charge in [-0.3, -0.25) is 4.79 Å². The molecule has 3 rings (SSSR count). The quantitative estimate of drug-likeness (QED) is 0.655. The van der Waals surface area contributed by atoms with Crippen molar-refractivity contribution in [2.24, 2.45) is 0 Å². The zero-order valence-corrected chi connectivity index (χ0v) is 14.4. The summed E-state index contributed by atoms with van der Waals surface area (Å²) in [5.74, 6) is 0.804. The summed E-state index contributed by atoms with van der Waals surface area (Å²) in [4.78, 5) is 11.9. The number of nitrogens with one attached hydrogen (secondary N) is 1. The average molecular weight is 360 g/mol. The van der Waals surface area contributed by atoms with E-state index in [0.717, 1.165) is 0 Å². The molecule has 1 amide bonds. The third-order valence-corrected chi connectivity index (χ3v) is 4.59. The third-order valence-electron chi connectivity index (χ3n) is 3.58. The Balaban J connectivity index is 1.64. The van der Waals surface area contributed by atoms with E-state index in [1.807, 2.05) is 11.5 Å². The zero-order valence-electron chi connectivity index (χ0n) is 13.6. The van der Waals surface area contributed by atoms with Gasteiger partial charge in [-0.05, 0) is 30.7 Å². The van der Waals surface area contributed by atoms with E-state index in [1.165, 1.54) is 24.1 Å². The zero-order chi connectivity index (χ0) is 17.6. The van der Waals surface area contributed by atoms with E-state index in [-0.39, 0.29) is 24.0 Å². The van der Waals surface area contributed by atoms with Crippen LogP contribution in [0, 0.1) is 5.82 Å². The highest BCUT2D eigenvalue weighted by Gasteiger charge is 2.14. The van der Waals surface area contributed by atoms with Gasteiger partial charge >= 0.3 is 0 Å². The van der Waals surface area contributed by atoms with Crippen molar-refractivity contribution in [1.82, 2.24) is 20.1 Å². The lowest BCUT2D eigenvalue weighted by Crippen LogP contribution is -2.24. The molecule has 2 heterocycles. The van der Waals surface area contributed by atoms with Gasteiger partial charge in [0.25, 0.3) is 5.91 Å². The molecule has 1 N–H and O–H groups in total. The Labute approximate surface area is 148 Å². The number of furan rings is 1. The van der Waals surface area contributed by atoms with Gasteiger partial charge in [0.15, 0.2) is 16.7 Å². The highest BCUT2D eigenvalue weighted by Crippen LogP contribution is 2.23. The number of amides is 1. The molecule has 25 heavy (non-hydrogen) atoms. The molecule has 0 aliphatic heterocycles. The van der Waals surface area contributed by atoms with Gasteiger partial charge in [0.1, 0.15) is 5.82 Å². The van der Waals surface area contributed by atoms with E-state index in [4.69, 9.17) is 4.42 Å². The molecule has 0 saturated heterocycles. The van der Waals surface area contributed by atoms with Crippen LogP contribution in [0.2, 0.25) is 0 Å². The summed E-state index contributed by atoms with van der Waals surface area (Å²) >= 11 is 1.41. The summed E-state index contributed by atoms with van der Waals surface area (Å²) in [5, 5.41) is 11.7. The minimum atomic E-state index is -0.309. The minimum Gasteiger partial charge on any atom is -0.459 e. The van der Waals surface area contributed by atoms with Crippen molar-refractivity contribution in [1.29, 1.82) is 0 Å². The lowest BCUT2D eigenvalue weighted by atomic mass is 10.2. The summed E-state index contributed by atoms with van der Waals surface area (Å²) in [6.45, 7) is 2.85. The average Bonchev–Trinajstić information content (AvgIpc) is 3.28. The Morgan fingerprint density at radius 1 is 1.28 bits per heavy atom. The molecule has 0 aliphatic carbocycles. The lowest BCUT2D eigenvalue weighted by Gasteiger charge is -2.08. The summed E-state index contributed by atoms with van der Waals surface area (Å²) in [6.07, 6.45) is 1.45. The first-order chi connectivity index (χ1) is 12.2. The van der Waals surface area contributed by atoms with Gasteiger partial charge < -0.3 is 14.3 Å². The Morgan fingerprint density at radius 2 is 2.12 bits per heavy atom. The highest BCUT2D eigenvalue weighted by molar-refractivity contribution is 7.98.